The van der Waals surface area contributed by atoms with E-state index in [4.69, 9.17) is 0 Å². The van der Waals surface area contributed by atoms with Crippen LogP contribution in [0.3, 0.4) is 0 Å². The number of nitrogens with one attached hydrogen (secondary N) is 1. The Bertz CT molecular complexity index is 1350. The Morgan fingerprint density at radius 1 is 1.23 bits per heavy atom. The predicted octanol–water partition coefficient (Wildman–Crippen LogP) is 5.57. The fourth-order valence-electron chi connectivity index (χ4n) is 4.56. The summed E-state index contributed by atoms with van der Waals surface area (Å²) in [5, 5.41) is 12.7. The van der Waals surface area contributed by atoms with E-state index in [0.29, 0.717) is 0 Å². The summed E-state index contributed by atoms with van der Waals surface area (Å²) in [7, 11) is 0. The number of carboxylic acid groups (broad SMARTS) is 1. The maximum Gasteiger partial charge on any atom is 0.341 e. The molecule has 0 radical (unpaired) electrons. The molecule has 1 atom stereocenters. The standard InChI is InChI=1S/C24H22N2O3S/c1-24(2,3)21-10-16-14(18-11-19(27)17(23(28)29)12-26(18)21)9-15(20-5-4-8-30-20)13-6-7-25-22(13)16/h4-9,11-12,21,25H,10H2,1-3H3,(H,28,29)/t21-/m0/s1. The minimum absolute atomic E-state index is 0.0257. The number of fused-ring (bicyclic) bond motifs is 5. The predicted molar refractivity (Wildman–Crippen MR) is 120 cm³/mol. The van der Waals surface area contributed by atoms with E-state index in [2.05, 4.69) is 49.3 Å². The summed E-state index contributed by atoms with van der Waals surface area (Å²) < 4.78 is 2.00. The molecule has 0 fully saturated rings. The van der Waals surface area contributed by atoms with Gasteiger partial charge in [0.2, 0.25) is 0 Å². The SMILES string of the molecule is CC(C)(C)[C@@H]1Cc2c(cc(-c3cccs3)c3cc[nH]c23)-c2cc(=O)c(C(=O)O)cn21. The molecular weight excluding hydrogens is 396 g/mol. The van der Waals surface area contributed by atoms with Crippen LogP contribution in [0.25, 0.3) is 32.6 Å². The van der Waals surface area contributed by atoms with Crippen molar-refractivity contribution in [1.29, 1.82) is 0 Å². The molecule has 0 bridgehead atoms. The summed E-state index contributed by atoms with van der Waals surface area (Å²) in [5.41, 5.74) is 4.39. The summed E-state index contributed by atoms with van der Waals surface area (Å²) in [6, 6.07) is 9.91. The molecule has 0 amide bonds. The number of carbonyl (C=O) groups is 1. The Hall–Kier alpha value is -3.12. The summed E-state index contributed by atoms with van der Waals surface area (Å²) in [6.45, 7) is 6.45. The van der Waals surface area contributed by atoms with Crippen molar-refractivity contribution < 1.29 is 9.90 Å². The maximum absolute atomic E-state index is 12.6. The van der Waals surface area contributed by atoms with Gasteiger partial charge in [-0.2, -0.15) is 0 Å². The first-order valence-electron chi connectivity index (χ1n) is 9.92. The molecule has 30 heavy (non-hydrogen) atoms. The molecule has 1 aliphatic rings. The first-order valence-corrected chi connectivity index (χ1v) is 10.8. The number of aromatic carboxylic acids is 1. The zero-order chi connectivity index (χ0) is 21.2. The molecular formula is C24H22N2O3S. The van der Waals surface area contributed by atoms with Crippen LogP contribution in [0.15, 0.2) is 52.9 Å². The van der Waals surface area contributed by atoms with Crippen LogP contribution in [0.2, 0.25) is 0 Å². The summed E-state index contributed by atoms with van der Waals surface area (Å²) in [5.74, 6) is -1.19. The number of aromatic amines is 1. The van der Waals surface area contributed by atoms with Gasteiger partial charge in [0.05, 0.1) is 11.2 Å². The second kappa shape index (κ2) is 6.44. The number of H-pyrrole nitrogens is 1. The summed E-state index contributed by atoms with van der Waals surface area (Å²) in [6.07, 6.45) is 4.25. The molecule has 0 unspecified atom stereocenters. The zero-order valence-electron chi connectivity index (χ0n) is 17.0. The number of benzene rings is 1. The normalized spacial score (nSPS) is 15.8. The van der Waals surface area contributed by atoms with E-state index >= 15 is 0 Å². The van der Waals surface area contributed by atoms with Gasteiger partial charge in [0, 0.05) is 45.9 Å². The van der Waals surface area contributed by atoms with E-state index in [-0.39, 0.29) is 17.0 Å². The quantitative estimate of drug-likeness (QED) is 0.447. The number of thiophene rings is 1. The number of carboxylic acids is 1. The molecule has 1 aliphatic heterocycles. The highest BCUT2D eigenvalue weighted by atomic mass is 32.1. The largest absolute Gasteiger partial charge is 0.477 e. The Morgan fingerprint density at radius 3 is 2.70 bits per heavy atom. The van der Waals surface area contributed by atoms with Crippen LogP contribution in [0, 0.1) is 5.41 Å². The van der Waals surface area contributed by atoms with Crippen molar-refractivity contribution in [1.82, 2.24) is 9.55 Å². The molecule has 5 nitrogen and oxygen atoms in total. The second-order valence-electron chi connectivity index (χ2n) is 8.93. The number of hydrogen-bond donors (Lipinski definition) is 2. The molecule has 0 saturated heterocycles. The van der Waals surface area contributed by atoms with Gasteiger partial charge >= 0.3 is 5.97 Å². The fraction of sp³-hybridized carbons (Fsp3) is 0.250. The van der Waals surface area contributed by atoms with Crippen LogP contribution < -0.4 is 5.43 Å². The lowest BCUT2D eigenvalue weighted by molar-refractivity contribution is 0.0693. The van der Waals surface area contributed by atoms with Gasteiger partial charge < -0.3 is 14.7 Å². The van der Waals surface area contributed by atoms with Crippen LogP contribution in [0.4, 0.5) is 0 Å². The molecule has 1 aromatic carbocycles. The van der Waals surface area contributed by atoms with Gasteiger partial charge in [-0.3, -0.25) is 4.79 Å². The van der Waals surface area contributed by atoms with Crippen LogP contribution >= 0.6 is 11.3 Å². The lowest BCUT2D eigenvalue weighted by Crippen LogP contribution is -2.33. The van der Waals surface area contributed by atoms with Gasteiger partial charge in [-0.05, 0) is 41.0 Å². The van der Waals surface area contributed by atoms with Crippen molar-refractivity contribution in [2.75, 3.05) is 0 Å². The van der Waals surface area contributed by atoms with E-state index < -0.39 is 11.4 Å². The molecule has 152 valence electrons. The van der Waals surface area contributed by atoms with E-state index in [0.717, 1.165) is 33.6 Å². The van der Waals surface area contributed by atoms with E-state index in [1.165, 1.54) is 23.2 Å². The molecule has 0 aliphatic carbocycles. The van der Waals surface area contributed by atoms with Gasteiger partial charge in [0.1, 0.15) is 5.56 Å². The molecule has 2 N–H and O–H groups in total. The van der Waals surface area contributed by atoms with Crippen molar-refractivity contribution in [2.45, 2.75) is 33.2 Å². The third kappa shape index (κ3) is 2.75. The highest BCUT2D eigenvalue weighted by molar-refractivity contribution is 7.13. The highest BCUT2D eigenvalue weighted by Gasteiger charge is 2.35. The Labute approximate surface area is 177 Å². The van der Waals surface area contributed by atoms with Crippen molar-refractivity contribution in [3.05, 3.63) is 69.5 Å². The topological polar surface area (TPSA) is 75.1 Å². The third-order valence-electron chi connectivity index (χ3n) is 6.06. The second-order valence-corrected chi connectivity index (χ2v) is 9.88. The van der Waals surface area contributed by atoms with E-state index in [9.17, 15) is 14.7 Å². The average molecular weight is 419 g/mol. The van der Waals surface area contributed by atoms with E-state index in [1.807, 2.05) is 16.8 Å². The molecule has 6 heteroatoms. The first-order chi connectivity index (χ1) is 14.3. The van der Waals surface area contributed by atoms with Crippen LogP contribution in [-0.4, -0.2) is 20.6 Å². The van der Waals surface area contributed by atoms with Crippen molar-refractivity contribution in [2.24, 2.45) is 5.41 Å². The Kier molecular flexibility index (Phi) is 4.05. The lowest BCUT2D eigenvalue weighted by Gasteiger charge is -2.39. The third-order valence-corrected chi connectivity index (χ3v) is 6.96. The number of rotatable bonds is 2. The molecule has 4 heterocycles. The highest BCUT2D eigenvalue weighted by Crippen LogP contribution is 2.46. The van der Waals surface area contributed by atoms with Crippen molar-refractivity contribution in [3.63, 3.8) is 0 Å². The van der Waals surface area contributed by atoms with Crippen LogP contribution in [0.5, 0.6) is 0 Å². The number of pyridine rings is 1. The average Bonchev–Trinajstić information content (AvgIpc) is 3.37. The van der Waals surface area contributed by atoms with Gasteiger partial charge in [0.15, 0.2) is 5.43 Å². The summed E-state index contributed by atoms with van der Waals surface area (Å²) >= 11 is 1.68. The first kappa shape index (κ1) is 18.9. The number of nitrogens with zero attached hydrogens (tertiary/aromatic N) is 1. The van der Waals surface area contributed by atoms with Crippen LogP contribution in [0.1, 0.15) is 42.7 Å². The number of hydrogen-bond acceptors (Lipinski definition) is 3. The monoisotopic (exact) mass is 418 g/mol. The van der Waals surface area contributed by atoms with Gasteiger partial charge in [-0.1, -0.05) is 26.8 Å². The molecule has 5 rings (SSSR count). The Balaban J connectivity index is 1.88. The van der Waals surface area contributed by atoms with Gasteiger partial charge in [0.25, 0.3) is 0 Å². The Morgan fingerprint density at radius 2 is 2.03 bits per heavy atom. The maximum atomic E-state index is 12.6. The van der Waals surface area contributed by atoms with Gasteiger partial charge in [-0.25, -0.2) is 4.79 Å². The van der Waals surface area contributed by atoms with E-state index in [1.54, 1.807) is 11.3 Å². The fourth-order valence-corrected chi connectivity index (χ4v) is 5.32. The van der Waals surface area contributed by atoms with Crippen molar-refractivity contribution in [3.8, 4) is 21.7 Å². The molecule has 3 aromatic heterocycles. The number of aromatic nitrogens is 2. The van der Waals surface area contributed by atoms with Gasteiger partial charge in [-0.15, -0.1) is 11.3 Å². The summed E-state index contributed by atoms with van der Waals surface area (Å²) in [4.78, 5) is 28.9. The lowest BCUT2D eigenvalue weighted by atomic mass is 9.78. The smallest absolute Gasteiger partial charge is 0.341 e. The minimum Gasteiger partial charge on any atom is -0.477 e. The molecule has 0 spiro atoms. The van der Waals surface area contributed by atoms with Crippen molar-refractivity contribution >= 4 is 28.2 Å². The van der Waals surface area contributed by atoms with Crippen LogP contribution in [-0.2, 0) is 6.42 Å². The molecule has 0 saturated carbocycles. The zero-order valence-corrected chi connectivity index (χ0v) is 17.8. The molecule has 4 aromatic rings. The minimum atomic E-state index is -1.19.